The summed E-state index contributed by atoms with van der Waals surface area (Å²) < 4.78 is 1.37. The standard InChI is InChI=1S/C22H14N6O2S2/c29-12-14-6-8-15(9-7-14)17-13-32-22(24-17)28-20(30)19(25-26-21-23-10-11-31-21)18(27-28)16-4-2-1-3-5-16/h1-13,27H. The van der Waals surface area contributed by atoms with Crippen molar-refractivity contribution in [1.82, 2.24) is 19.7 Å². The van der Waals surface area contributed by atoms with E-state index < -0.39 is 0 Å². The summed E-state index contributed by atoms with van der Waals surface area (Å²) in [6.07, 6.45) is 2.42. The molecule has 0 aliphatic carbocycles. The van der Waals surface area contributed by atoms with Crippen molar-refractivity contribution in [2.75, 3.05) is 0 Å². The van der Waals surface area contributed by atoms with E-state index in [-0.39, 0.29) is 11.2 Å². The molecule has 10 heteroatoms. The minimum atomic E-state index is -0.360. The Labute approximate surface area is 189 Å². The highest BCUT2D eigenvalue weighted by Gasteiger charge is 2.19. The van der Waals surface area contributed by atoms with Gasteiger partial charge in [-0.25, -0.2) is 9.97 Å². The van der Waals surface area contributed by atoms with Gasteiger partial charge in [0.05, 0.1) is 11.4 Å². The first-order valence-electron chi connectivity index (χ1n) is 9.46. The molecule has 0 bridgehead atoms. The van der Waals surface area contributed by atoms with Crippen LogP contribution in [0, 0.1) is 0 Å². The van der Waals surface area contributed by atoms with Gasteiger partial charge in [-0.15, -0.1) is 32.9 Å². The molecule has 3 aromatic heterocycles. The van der Waals surface area contributed by atoms with Gasteiger partial charge in [0.15, 0.2) is 5.69 Å². The fourth-order valence-corrected chi connectivity index (χ4v) is 4.30. The fourth-order valence-electron chi connectivity index (χ4n) is 3.05. The first-order valence-corrected chi connectivity index (χ1v) is 11.2. The molecular formula is C22H14N6O2S2. The number of azo groups is 1. The van der Waals surface area contributed by atoms with Crippen molar-refractivity contribution in [3.8, 4) is 27.6 Å². The van der Waals surface area contributed by atoms with E-state index in [1.54, 1.807) is 23.7 Å². The second-order valence-electron chi connectivity index (χ2n) is 6.61. The Kier molecular flexibility index (Phi) is 5.36. The highest BCUT2D eigenvalue weighted by atomic mass is 32.1. The molecule has 0 aliphatic heterocycles. The lowest BCUT2D eigenvalue weighted by molar-refractivity contribution is 0.112. The first kappa shape index (κ1) is 19.9. The Bertz CT molecular complexity index is 1450. The number of hydrogen-bond acceptors (Lipinski definition) is 8. The van der Waals surface area contributed by atoms with Crippen LogP contribution in [0.2, 0.25) is 0 Å². The molecule has 0 aliphatic rings. The molecule has 3 heterocycles. The van der Waals surface area contributed by atoms with Crippen molar-refractivity contribution in [1.29, 1.82) is 0 Å². The summed E-state index contributed by atoms with van der Waals surface area (Å²) in [5.41, 5.74) is 3.31. The van der Waals surface area contributed by atoms with Crippen LogP contribution in [-0.4, -0.2) is 26.0 Å². The highest BCUT2D eigenvalue weighted by molar-refractivity contribution is 7.13. The fraction of sp³-hybridized carbons (Fsp3) is 0. The number of thiazole rings is 2. The molecule has 0 amide bonds. The van der Waals surface area contributed by atoms with Gasteiger partial charge in [0.2, 0.25) is 10.3 Å². The molecule has 0 spiro atoms. The number of hydrogen-bond donors (Lipinski definition) is 1. The second kappa shape index (κ2) is 8.61. The molecule has 0 unspecified atom stereocenters. The number of carbonyl (C=O) groups is 1. The van der Waals surface area contributed by atoms with Crippen molar-refractivity contribution < 1.29 is 4.79 Å². The SMILES string of the molecule is O=Cc1ccc(-c2csc(-n3[nH]c(-c4ccccc4)c(N=Nc4nccs4)c3=O)n2)cc1. The Hall–Kier alpha value is -4.02. The van der Waals surface area contributed by atoms with Gasteiger partial charge in [0.1, 0.15) is 6.29 Å². The van der Waals surface area contributed by atoms with Crippen LogP contribution in [0.1, 0.15) is 10.4 Å². The minimum absolute atomic E-state index is 0.179. The largest absolute Gasteiger partial charge is 0.301 e. The third-order valence-corrected chi connectivity index (χ3v) is 6.09. The molecule has 32 heavy (non-hydrogen) atoms. The number of nitrogens with one attached hydrogen (secondary N) is 1. The predicted octanol–water partition coefficient (Wildman–Crippen LogP) is 5.64. The quantitative estimate of drug-likeness (QED) is 0.262. The zero-order valence-corrected chi connectivity index (χ0v) is 18.0. The average molecular weight is 459 g/mol. The molecule has 8 nitrogen and oxygen atoms in total. The smallest absolute Gasteiger partial charge is 0.298 e. The first-order chi connectivity index (χ1) is 15.7. The van der Waals surface area contributed by atoms with E-state index in [0.29, 0.717) is 27.2 Å². The van der Waals surface area contributed by atoms with Gasteiger partial charge < -0.3 is 0 Å². The van der Waals surface area contributed by atoms with Gasteiger partial charge in [-0.05, 0) is 0 Å². The van der Waals surface area contributed by atoms with Gasteiger partial charge in [-0.3, -0.25) is 14.7 Å². The number of aldehydes is 1. The van der Waals surface area contributed by atoms with Crippen LogP contribution in [-0.2, 0) is 0 Å². The number of aromatic amines is 1. The van der Waals surface area contributed by atoms with E-state index >= 15 is 0 Å². The Balaban J connectivity index is 1.58. The van der Waals surface area contributed by atoms with Crippen molar-refractivity contribution in [2.45, 2.75) is 0 Å². The van der Waals surface area contributed by atoms with E-state index in [2.05, 4.69) is 25.3 Å². The van der Waals surface area contributed by atoms with Crippen LogP contribution in [0.3, 0.4) is 0 Å². The van der Waals surface area contributed by atoms with Crippen LogP contribution in [0.4, 0.5) is 10.8 Å². The van der Waals surface area contributed by atoms with Crippen molar-refractivity contribution in [3.05, 3.63) is 87.5 Å². The number of rotatable bonds is 6. The summed E-state index contributed by atoms with van der Waals surface area (Å²) in [6.45, 7) is 0. The van der Waals surface area contributed by atoms with Gasteiger partial charge in [0, 0.05) is 33.6 Å². The number of benzene rings is 2. The molecule has 156 valence electrons. The number of nitrogens with zero attached hydrogens (tertiary/aromatic N) is 5. The van der Waals surface area contributed by atoms with Crippen LogP contribution < -0.4 is 5.56 Å². The molecule has 1 N–H and O–H groups in total. The summed E-state index contributed by atoms with van der Waals surface area (Å²) in [5.74, 6) is 0. The van der Waals surface area contributed by atoms with E-state index in [0.717, 1.165) is 17.4 Å². The Morgan fingerprint density at radius 1 is 0.969 bits per heavy atom. The summed E-state index contributed by atoms with van der Waals surface area (Å²) in [4.78, 5) is 32.8. The lowest BCUT2D eigenvalue weighted by Crippen LogP contribution is -2.13. The van der Waals surface area contributed by atoms with Gasteiger partial charge >= 0.3 is 5.56 Å². The summed E-state index contributed by atoms with van der Waals surface area (Å²) in [6, 6.07) is 16.6. The molecule has 5 rings (SSSR count). The predicted molar refractivity (Wildman–Crippen MR) is 125 cm³/mol. The zero-order valence-electron chi connectivity index (χ0n) is 16.4. The third-order valence-electron chi connectivity index (χ3n) is 4.61. The van der Waals surface area contributed by atoms with Gasteiger partial charge in [-0.2, -0.15) is 4.68 Å². The molecule has 2 aromatic carbocycles. The number of aromatic nitrogens is 4. The summed E-state index contributed by atoms with van der Waals surface area (Å²) in [7, 11) is 0. The van der Waals surface area contributed by atoms with Crippen molar-refractivity contribution >= 4 is 39.8 Å². The Morgan fingerprint density at radius 3 is 2.50 bits per heavy atom. The van der Waals surface area contributed by atoms with Gasteiger partial charge in [-0.1, -0.05) is 54.6 Å². The molecule has 0 saturated carbocycles. The molecule has 0 radical (unpaired) electrons. The van der Waals surface area contributed by atoms with E-state index in [9.17, 15) is 9.59 Å². The third kappa shape index (κ3) is 3.84. The zero-order chi connectivity index (χ0) is 21.9. The number of H-pyrrole nitrogens is 1. The van der Waals surface area contributed by atoms with E-state index in [1.165, 1.54) is 27.4 Å². The highest BCUT2D eigenvalue weighted by Crippen LogP contribution is 2.30. The van der Waals surface area contributed by atoms with Crippen LogP contribution in [0.5, 0.6) is 0 Å². The van der Waals surface area contributed by atoms with Crippen molar-refractivity contribution in [3.63, 3.8) is 0 Å². The monoisotopic (exact) mass is 458 g/mol. The van der Waals surface area contributed by atoms with Crippen LogP contribution in [0.25, 0.3) is 27.6 Å². The topological polar surface area (TPSA) is 105 Å². The summed E-state index contributed by atoms with van der Waals surface area (Å²) >= 11 is 2.66. The van der Waals surface area contributed by atoms with E-state index in [1.807, 2.05) is 47.8 Å². The maximum Gasteiger partial charge on any atom is 0.301 e. The van der Waals surface area contributed by atoms with Gasteiger partial charge in [0.25, 0.3) is 0 Å². The average Bonchev–Trinajstić information content (AvgIpc) is 3.59. The molecule has 0 fully saturated rings. The lowest BCUT2D eigenvalue weighted by atomic mass is 10.1. The molecular weight excluding hydrogens is 444 g/mol. The maximum absolute atomic E-state index is 13.2. The molecule has 0 atom stereocenters. The number of carbonyl (C=O) groups excluding carboxylic acids is 1. The van der Waals surface area contributed by atoms with Crippen LogP contribution in [0.15, 0.2) is 86.6 Å². The van der Waals surface area contributed by atoms with E-state index in [4.69, 9.17) is 0 Å². The molecule has 5 aromatic rings. The summed E-state index contributed by atoms with van der Waals surface area (Å²) in [5, 5.41) is 16.0. The maximum atomic E-state index is 13.2. The second-order valence-corrected chi connectivity index (χ2v) is 8.32. The minimum Gasteiger partial charge on any atom is -0.298 e. The lowest BCUT2D eigenvalue weighted by Gasteiger charge is -1.99. The van der Waals surface area contributed by atoms with Crippen molar-refractivity contribution in [2.24, 2.45) is 10.2 Å². The Morgan fingerprint density at radius 2 is 1.78 bits per heavy atom. The normalized spacial score (nSPS) is 11.2. The van der Waals surface area contributed by atoms with Crippen LogP contribution >= 0.6 is 22.7 Å². The molecule has 0 saturated heterocycles.